The molecule has 2 aromatic carbocycles. The molecular formula is C32H38FN5O2. The number of amides is 2. The first-order valence-corrected chi connectivity index (χ1v) is 14.1. The Kier molecular flexibility index (Phi) is 8.05. The van der Waals surface area contributed by atoms with Gasteiger partial charge in [-0.05, 0) is 105 Å². The van der Waals surface area contributed by atoms with Gasteiger partial charge in [0.25, 0.3) is 5.91 Å². The van der Waals surface area contributed by atoms with Crippen LogP contribution in [0.5, 0.6) is 0 Å². The van der Waals surface area contributed by atoms with E-state index in [0.717, 1.165) is 60.5 Å². The van der Waals surface area contributed by atoms with Crippen LogP contribution in [0.4, 0.5) is 15.9 Å². The standard InChI is InChI=1S/C32H38FN5O2/c1-21-18-22(2)30(23(3)27(21)19-24-11-14-36(15-12-24)29-6-4-5-13-35-29)32(40)37-16-17-38(28(20-37)31(34)39)26-9-7-25(33)8-10-26/h4-10,13,18,24,28H,11-12,14-17,19-20H2,1-3H3,(H2,34,39). The highest BCUT2D eigenvalue weighted by atomic mass is 19.1. The molecule has 2 amide bonds. The van der Waals surface area contributed by atoms with E-state index in [0.29, 0.717) is 19.0 Å². The summed E-state index contributed by atoms with van der Waals surface area (Å²) < 4.78 is 13.5. The smallest absolute Gasteiger partial charge is 0.254 e. The van der Waals surface area contributed by atoms with E-state index in [9.17, 15) is 14.0 Å². The lowest BCUT2D eigenvalue weighted by Crippen LogP contribution is -2.59. The number of rotatable bonds is 6. The number of hydrogen-bond donors (Lipinski definition) is 1. The molecule has 1 aromatic heterocycles. The number of primary amides is 1. The van der Waals surface area contributed by atoms with Crippen molar-refractivity contribution in [3.8, 4) is 0 Å². The first kappa shape index (κ1) is 27.6. The average Bonchev–Trinajstić information content (AvgIpc) is 2.96. The minimum Gasteiger partial charge on any atom is -0.368 e. The second-order valence-corrected chi connectivity index (χ2v) is 11.2. The molecule has 3 heterocycles. The summed E-state index contributed by atoms with van der Waals surface area (Å²) in [5.74, 6) is 0.669. The fourth-order valence-corrected chi connectivity index (χ4v) is 6.38. The third kappa shape index (κ3) is 5.67. The van der Waals surface area contributed by atoms with E-state index in [4.69, 9.17) is 5.73 Å². The van der Waals surface area contributed by atoms with Crippen LogP contribution in [0.15, 0.2) is 54.7 Å². The highest BCUT2D eigenvalue weighted by Crippen LogP contribution is 2.31. The Morgan fingerprint density at radius 3 is 2.35 bits per heavy atom. The maximum atomic E-state index is 13.9. The van der Waals surface area contributed by atoms with Crippen LogP contribution in [0, 0.1) is 32.5 Å². The zero-order chi connectivity index (χ0) is 28.4. The Morgan fingerprint density at radius 1 is 0.975 bits per heavy atom. The Morgan fingerprint density at radius 2 is 1.70 bits per heavy atom. The monoisotopic (exact) mass is 543 g/mol. The summed E-state index contributed by atoms with van der Waals surface area (Å²) >= 11 is 0. The third-order valence-corrected chi connectivity index (χ3v) is 8.58. The second kappa shape index (κ2) is 11.7. The van der Waals surface area contributed by atoms with Gasteiger partial charge >= 0.3 is 0 Å². The van der Waals surface area contributed by atoms with Crippen molar-refractivity contribution in [2.45, 2.75) is 46.1 Å². The van der Waals surface area contributed by atoms with Crippen LogP contribution in [0.3, 0.4) is 0 Å². The van der Waals surface area contributed by atoms with E-state index >= 15 is 0 Å². The molecule has 5 rings (SSSR count). The van der Waals surface area contributed by atoms with Gasteiger partial charge in [0.2, 0.25) is 5.91 Å². The lowest BCUT2D eigenvalue weighted by molar-refractivity contribution is -0.119. The number of aryl methyl sites for hydroxylation is 2. The largest absolute Gasteiger partial charge is 0.368 e. The molecule has 1 atom stereocenters. The molecule has 2 N–H and O–H groups in total. The fourth-order valence-electron chi connectivity index (χ4n) is 6.38. The number of carbonyl (C=O) groups is 2. The summed E-state index contributed by atoms with van der Waals surface area (Å²) in [4.78, 5) is 36.8. The first-order chi connectivity index (χ1) is 19.2. The number of pyridine rings is 1. The molecule has 2 aliphatic rings. The predicted molar refractivity (Wildman–Crippen MR) is 156 cm³/mol. The highest BCUT2D eigenvalue weighted by molar-refractivity contribution is 5.98. The molecule has 0 bridgehead atoms. The van der Waals surface area contributed by atoms with Crippen molar-refractivity contribution in [1.82, 2.24) is 9.88 Å². The maximum Gasteiger partial charge on any atom is 0.254 e. The molecule has 0 radical (unpaired) electrons. The van der Waals surface area contributed by atoms with Gasteiger partial charge in [0, 0.05) is 43.6 Å². The highest BCUT2D eigenvalue weighted by Gasteiger charge is 2.35. The van der Waals surface area contributed by atoms with E-state index < -0.39 is 11.9 Å². The summed E-state index contributed by atoms with van der Waals surface area (Å²) in [6.07, 6.45) is 4.94. The van der Waals surface area contributed by atoms with Crippen LogP contribution in [0.25, 0.3) is 0 Å². The minimum absolute atomic E-state index is 0.0637. The number of carbonyl (C=O) groups excluding carboxylic acids is 2. The lowest BCUT2D eigenvalue weighted by Gasteiger charge is -2.41. The van der Waals surface area contributed by atoms with Gasteiger partial charge in [-0.3, -0.25) is 9.59 Å². The summed E-state index contributed by atoms with van der Waals surface area (Å²) in [5, 5.41) is 0. The summed E-state index contributed by atoms with van der Waals surface area (Å²) in [6, 6.07) is 13.5. The average molecular weight is 544 g/mol. The summed E-state index contributed by atoms with van der Waals surface area (Å²) in [5.41, 5.74) is 11.7. The van der Waals surface area contributed by atoms with E-state index in [1.807, 2.05) is 30.2 Å². The van der Waals surface area contributed by atoms with Crippen molar-refractivity contribution in [2.24, 2.45) is 11.7 Å². The van der Waals surface area contributed by atoms with Crippen LogP contribution in [-0.4, -0.2) is 60.5 Å². The van der Waals surface area contributed by atoms with Crippen molar-refractivity contribution in [2.75, 3.05) is 42.5 Å². The quantitative estimate of drug-likeness (QED) is 0.498. The zero-order valence-corrected chi connectivity index (χ0v) is 23.6. The molecule has 8 heteroatoms. The van der Waals surface area contributed by atoms with Crippen LogP contribution in [0.1, 0.15) is 45.5 Å². The van der Waals surface area contributed by atoms with Gasteiger partial charge in [-0.2, -0.15) is 0 Å². The number of halogens is 1. The molecule has 2 aliphatic heterocycles. The Bertz CT molecular complexity index is 1370. The van der Waals surface area contributed by atoms with Crippen molar-refractivity contribution in [1.29, 1.82) is 0 Å². The molecule has 7 nitrogen and oxygen atoms in total. The van der Waals surface area contributed by atoms with Crippen molar-refractivity contribution in [3.05, 3.63) is 88.4 Å². The van der Waals surface area contributed by atoms with E-state index in [2.05, 4.69) is 35.9 Å². The summed E-state index contributed by atoms with van der Waals surface area (Å²) in [7, 11) is 0. The molecule has 2 saturated heterocycles. The number of piperidine rings is 1. The molecule has 210 valence electrons. The normalized spacial score (nSPS) is 18.2. The van der Waals surface area contributed by atoms with E-state index in [-0.39, 0.29) is 18.3 Å². The first-order valence-electron chi connectivity index (χ1n) is 14.1. The fraction of sp³-hybridized carbons (Fsp3) is 0.406. The molecule has 3 aromatic rings. The number of nitrogens with two attached hydrogens (primary N) is 1. The number of nitrogens with zero attached hydrogens (tertiary/aromatic N) is 4. The molecule has 40 heavy (non-hydrogen) atoms. The Balaban J connectivity index is 1.31. The van der Waals surface area contributed by atoms with Crippen LogP contribution in [0.2, 0.25) is 0 Å². The molecule has 0 saturated carbocycles. The maximum absolute atomic E-state index is 13.9. The number of aromatic nitrogens is 1. The van der Waals surface area contributed by atoms with Crippen LogP contribution in [-0.2, 0) is 11.2 Å². The summed E-state index contributed by atoms with van der Waals surface area (Å²) in [6.45, 7) is 9.23. The van der Waals surface area contributed by atoms with Gasteiger partial charge in [0.1, 0.15) is 17.7 Å². The predicted octanol–water partition coefficient (Wildman–Crippen LogP) is 4.42. The number of hydrogen-bond acceptors (Lipinski definition) is 5. The van der Waals surface area contributed by atoms with Gasteiger partial charge in [0.15, 0.2) is 0 Å². The van der Waals surface area contributed by atoms with E-state index in [1.54, 1.807) is 17.0 Å². The van der Waals surface area contributed by atoms with Gasteiger partial charge in [-0.1, -0.05) is 12.1 Å². The topological polar surface area (TPSA) is 82.8 Å². The van der Waals surface area contributed by atoms with Gasteiger partial charge in [-0.25, -0.2) is 9.37 Å². The van der Waals surface area contributed by atoms with Crippen molar-refractivity contribution in [3.63, 3.8) is 0 Å². The number of piperazine rings is 1. The van der Waals surface area contributed by atoms with Gasteiger partial charge in [-0.15, -0.1) is 0 Å². The van der Waals surface area contributed by atoms with Crippen molar-refractivity contribution < 1.29 is 14.0 Å². The molecular weight excluding hydrogens is 505 g/mol. The second-order valence-electron chi connectivity index (χ2n) is 11.2. The van der Waals surface area contributed by atoms with Crippen LogP contribution < -0.4 is 15.5 Å². The molecule has 0 spiro atoms. The van der Waals surface area contributed by atoms with Crippen LogP contribution >= 0.6 is 0 Å². The lowest BCUT2D eigenvalue weighted by atomic mass is 9.84. The minimum atomic E-state index is -0.682. The van der Waals surface area contributed by atoms with Crippen molar-refractivity contribution >= 4 is 23.3 Å². The van der Waals surface area contributed by atoms with E-state index in [1.165, 1.54) is 23.3 Å². The number of benzene rings is 2. The van der Waals surface area contributed by atoms with Gasteiger partial charge < -0.3 is 20.4 Å². The molecule has 1 unspecified atom stereocenters. The molecule has 0 aliphatic carbocycles. The SMILES string of the molecule is Cc1cc(C)c(C(=O)N2CCN(c3ccc(F)cc3)C(C(N)=O)C2)c(C)c1CC1CCN(c2ccccn2)CC1. The number of anilines is 2. The Labute approximate surface area is 235 Å². The zero-order valence-electron chi connectivity index (χ0n) is 23.6. The molecule has 2 fully saturated rings. The Hall–Kier alpha value is -3.94. The third-order valence-electron chi connectivity index (χ3n) is 8.58. The van der Waals surface area contributed by atoms with Gasteiger partial charge in [0.05, 0.1) is 6.54 Å².